The third kappa shape index (κ3) is 4.56. The van der Waals surface area contributed by atoms with Crippen LogP contribution in [0.2, 0.25) is 0 Å². The van der Waals surface area contributed by atoms with Gasteiger partial charge in [0.15, 0.2) is 5.96 Å². The zero-order valence-corrected chi connectivity index (χ0v) is 14.6. The van der Waals surface area contributed by atoms with E-state index in [4.69, 9.17) is 4.99 Å². The van der Waals surface area contributed by atoms with Crippen LogP contribution in [0.1, 0.15) is 28.1 Å². The zero-order chi connectivity index (χ0) is 15.9. The lowest BCUT2D eigenvalue weighted by atomic mass is 10.2. The van der Waals surface area contributed by atoms with Crippen LogP contribution in [0.25, 0.3) is 0 Å². The molecule has 1 aromatic carbocycles. The number of aryl methyl sites for hydroxylation is 2. The van der Waals surface area contributed by atoms with Crippen molar-refractivity contribution in [1.29, 1.82) is 0 Å². The second kappa shape index (κ2) is 7.94. The van der Waals surface area contributed by atoms with E-state index in [1.807, 2.05) is 13.0 Å². The lowest BCUT2D eigenvalue weighted by Gasteiger charge is -2.22. The Labute approximate surface area is 136 Å². The monoisotopic (exact) mass is 316 g/mol. The van der Waals surface area contributed by atoms with Gasteiger partial charge in [-0.15, -0.1) is 11.3 Å². The highest BCUT2D eigenvalue weighted by Crippen LogP contribution is 2.17. The second-order valence-electron chi connectivity index (χ2n) is 5.26. The first kappa shape index (κ1) is 16.5. The fourth-order valence-corrected chi connectivity index (χ4v) is 3.01. The van der Waals surface area contributed by atoms with Gasteiger partial charge in [-0.05, 0) is 26.3 Å². The average Bonchev–Trinajstić information content (AvgIpc) is 2.83. The molecule has 0 saturated carbocycles. The summed E-state index contributed by atoms with van der Waals surface area (Å²) in [6.07, 6.45) is 0. The summed E-state index contributed by atoms with van der Waals surface area (Å²) in [4.78, 5) is 12.7. The predicted molar refractivity (Wildman–Crippen MR) is 94.3 cm³/mol. The third-order valence-corrected chi connectivity index (χ3v) is 4.45. The lowest BCUT2D eigenvalue weighted by molar-refractivity contribution is 0.477. The van der Waals surface area contributed by atoms with Crippen molar-refractivity contribution in [2.75, 3.05) is 13.6 Å². The van der Waals surface area contributed by atoms with E-state index < -0.39 is 0 Å². The first-order valence-electron chi connectivity index (χ1n) is 7.56. The highest BCUT2D eigenvalue weighted by molar-refractivity contribution is 7.11. The topological polar surface area (TPSA) is 40.5 Å². The molecule has 1 heterocycles. The van der Waals surface area contributed by atoms with Crippen molar-refractivity contribution in [2.45, 2.75) is 33.9 Å². The number of guanidine groups is 1. The number of benzene rings is 1. The molecule has 2 aromatic rings. The van der Waals surface area contributed by atoms with E-state index >= 15 is 0 Å². The molecule has 0 unspecified atom stereocenters. The lowest BCUT2D eigenvalue weighted by Crippen LogP contribution is -2.38. The fourth-order valence-electron chi connectivity index (χ4n) is 2.15. The van der Waals surface area contributed by atoms with Crippen molar-refractivity contribution in [3.8, 4) is 0 Å². The molecule has 1 aromatic heterocycles. The summed E-state index contributed by atoms with van der Waals surface area (Å²) in [5, 5.41) is 4.42. The molecule has 0 aliphatic rings. The summed E-state index contributed by atoms with van der Waals surface area (Å²) >= 11 is 1.73. The molecule has 118 valence electrons. The molecule has 1 N–H and O–H groups in total. The summed E-state index contributed by atoms with van der Waals surface area (Å²) in [6.45, 7) is 8.56. The van der Waals surface area contributed by atoms with Crippen LogP contribution in [0.5, 0.6) is 0 Å². The van der Waals surface area contributed by atoms with Crippen LogP contribution in [0.3, 0.4) is 0 Å². The maximum Gasteiger partial charge on any atom is 0.194 e. The zero-order valence-electron chi connectivity index (χ0n) is 13.8. The smallest absolute Gasteiger partial charge is 0.194 e. The van der Waals surface area contributed by atoms with Gasteiger partial charge < -0.3 is 10.2 Å². The Balaban J connectivity index is 2.05. The number of thiazole rings is 1. The van der Waals surface area contributed by atoms with E-state index in [1.165, 1.54) is 10.4 Å². The first-order chi connectivity index (χ1) is 10.6. The molecule has 0 aliphatic heterocycles. The molecule has 0 bridgehead atoms. The first-order valence-corrected chi connectivity index (χ1v) is 8.38. The molecule has 4 nitrogen and oxygen atoms in total. The van der Waals surface area contributed by atoms with Crippen molar-refractivity contribution >= 4 is 17.3 Å². The van der Waals surface area contributed by atoms with Crippen LogP contribution in [0.15, 0.2) is 35.3 Å². The highest BCUT2D eigenvalue weighted by Gasteiger charge is 2.08. The second-order valence-corrected chi connectivity index (χ2v) is 6.55. The molecule has 0 saturated heterocycles. The van der Waals surface area contributed by atoms with Gasteiger partial charge >= 0.3 is 0 Å². The Hall–Kier alpha value is -1.88. The predicted octanol–water partition coefficient (Wildman–Crippen LogP) is 3.36. The van der Waals surface area contributed by atoms with E-state index in [1.54, 1.807) is 11.3 Å². The van der Waals surface area contributed by atoms with Gasteiger partial charge in [-0.25, -0.2) is 9.98 Å². The number of nitrogens with one attached hydrogen (secondary N) is 1. The van der Waals surface area contributed by atoms with E-state index in [-0.39, 0.29) is 0 Å². The molecule has 0 fully saturated rings. The molecule has 2 rings (SSSR count). The molecule has 0 spiro atoms. The van der Waals surface area contributed by atoms with Crippen molar-refractivity contribution in [3.05, 3.63) is 51.5 Å². The standard InChI is InChI=1S/C17H24N4S/c1-5-18-17(19-11-16-20-13(2)14(3)22-16)21(4)12-15-9-7-6-8-10-15/h6-10H,5,11-12H2,1-4H3,(H,18,19). The van der Waals surface area contributed by atoms with Crippen molar-refractivity contribution in [2.24, 2.45) is 4.99 Å². The summed E-state index contributed by atoms with van der Waals surface area (Å²) in [6, 6.07) is 10.4. The molecule has 5 heteroatoms. The van der Waals surface area contributed by atoms with Gasteiger partial charge in [-0.2, -0.15) is 0 Å². The largest absolute Gasteiger partial charge is 0.357 e. The van der Waals surface area contributed by atoms with Gasteiger partial charge in [0.1, 0.15) is 5.01 Å². The maximum absolute atomic E-state index is 4.71. The molecular weight excluding hydrogens is 292 g/mol. The highest BCUT2D eigenvalue weighted by atomic mass is 32.1. The van der Waals surface area contributed by atoms with Crippen molar-refractivity contribution in [1.82, 2.24) is 15.2 Å². The van der Waals surface area contributed by atoms with Gasteiger partial charge in [0.2, 0.25) is 0 Å². The van der Waals surface area contributed by atoms with Crippen LogP contribution < -0.4 is 5.32 Å². The van der Waals surface area contributed by atoms with Gasteiger partial charge in [-0.1, -0.05) is 30.3 Å². The van der Waals surface area contributed by atoms with E-state index in [9.17, 15) is 0 Å². The Kier molecular flexibility index (Phi) is 5.95. The third-order valence-electron chi connectivity index (χ3n) is 3.40. The van der Waals surface area contributed by atoms with Gasteiger partial charge in [0.05, 0.1) is 12.2 Å². The van der Waals surface area contributed by atoms with Gasteiger partial charge in [0, 0.05) is 25.0 Å². The van der Waals surface area contributed by atoms with Crippen LogP contribution in [-0.2, 0) is 13.1 Å². The summed E-state index contributed by atoms with van der Waals surface area (Å²) in [7, 11) is 2.06. The SMILES string of the molecule is CCNC(=NCc1nc(C)c(C)s1)N(C)Cc1ccccc1. The number of nitrogens with zero attached hydrogens (tertiary/aromatic N) is 3. The minimum Gasteiger partial charge on any atom is -0.357 e. The molecule has 22 heavy (non-hydrogen) atoms. The summed E-state index contributed by atoms with van der Waals surface area (Å²) in [5.41, 5.74) is 2.38. The number of aliphatic imine (C=N–C) groups is 1. The Bertz CT molecular complexity index is 599. The molecule has 0 radical (unpaired) electrons. The van der Waals surface area contributed by atoms with Crippen molar-refractivity contribution in [3.63, 3.8) is 0 Å². The number of rotatable bonds is 5. The fraction of sp³-hybridized carbons (Fsp3) is 0.412. The van der Waals surface area contributed by atoms with E-state index in [0.29, 0.717) is 6.54 Å². The molecule has 0 atom stereocenters. The Morgan fingerprint density at radius 2 is 2.00 bits per heavy atom. The number of hydrogen-bond donors (Lipinski definition) is 1. The van der Waals surface area contributed by atoms with Crippen molar-refractivity contribution < 1.29 is 0 Å². The van der Waals surface area contributed by atoms with E-state index in [0.717, 1.165) is 29.8 Å². The quantitative estimate of drug-likeness (QED) is 0.679. The number of aromatic nitrogens is 1. The van der Waals surface area contributed by atoms with Crippen LogP contribution in [0, 0.1) is 13.8 Å². The molecule has 0 aliphatic carbocycles. The van der Waals surface area contributed by atoms with Crippen LogP contribution in [0.4, 0.5) is 0 Å². The summed E-state index contributed by atoms with van der Waals surface area (Å²) < 4.78 is 0. The minimum absolute atomic E-state index is 0.626. The van der Waals surface area contributed by atoms with Crippen LogP contribution in [-0.4, -0.2) is 29.4 Å². The Morgan fingerprint density at radius 3 is 2.59 bits per heavy atom. The minimum atomic E-state index is 0.626. The Morgan fingerprint density at radius 1 is 1.27 bits per heavy atom. The normalized spacial score (nSPS) is 11.5. The number of hydrogen-bond acceptors (Lipinski definition) is 3. The maximum atomic E-state index is 4.71. The van der Waals surface area contributed by atoms with E-state index in [2.05, 4.69) is 60.4 Å². The van der Waals surface area contributed by atoms with Gasteiger partial charge in [-0.3, -0.25) is 0 Å². The average molecular weight is 316 g/mol. The molecular formula is C17H24N4S. The van der Waals surface area contributed by atoms with Crippen LogP contribution >= 0.6 is 11.3 Å². The summed E-state index contributed by atoms with van der Waals surface area (Å²) in [5.74, 6) is 0.914. The molecule has 0 amide bonds. The van der Waals surface area contributed by atoms with Gasteiger partial charge in [0.25, 0.3) is 0 Å².